The zero-order valence-electron chi connectivity index (χ0n) is 8.77. The van der Waals surface area contributed by atoms with Gasteiger partial charge in [-0.05, 0) is 30.4 Å². The largest absolute Gasteiger partial charge is 0.478 e. The van der Waals surface area contributed by atoms with Crippen LogP contribution in [-0.4, -0.2) is 22.2 Å². The second-order valence-corrected chi connectivity index (χ2v) is 4.08. The highest BCUT2D eigenvalue weighted by Gasteiger charge is 2.12. The summed E-state index contributed by atoms with van der Waals surface area (Å²) < 4.78 is 0. The van der Waals surface area contributed by atoms with E-state index in [9.17, 15) is 9.59 Å². The Hall–Kier alpha value is -1.82. The summed E-state index contributed by atoms with van der Waals surface area (Å²) in [6, 6.07) is 0. The Kier molecular flexibility index (Phi) is 3.68. The molecule has 1 rings (SSSR count). The van der Waals surface area contributed by atoms with Crippen molar-refractivity contribution in [3.05, 3.63) is 28.3 Å². The maximum absolute atomic E-state index is 10.8. The third-order valence-corrected chi connectivity index (χ3v) is 3.15. The van der Waals surface area contributed by atoms with E-state index in [1.54, 1.807) is 0 Å². The zero-order chi connectivity index (χ0) is 12.3. The second kappa shape index (κ2) is 4.80. The summed E-state index contributed by atoms with van der Waals surface area (Å²) in [5.74, 6) is -2.59. The molecule has 0 bridgehead atoms. The minimum atomic E-state index is -1.30. The van der Waals surface area contributed by atoms with E-state index in [0.717, 1.165) is 11.1 Å². The van der Waals surface area contributed by atoms with Crippen LogP contribution in [0.2, 0.25) is 0 Å². The van der Waals surface area contributed by atoms with E-state index in [1.165, 1.54) is 11.3 Å². The number of nitrogens with one attached hydrogen (secondary N) is 1. The standard InChI is InChI=1S/C10H11NO4S/c1-5-4-16-9(6(5)2)11-7(10(14)15)3-8(12)13/h3-4,11H,1-2H3,(H,12,13)(H,14,15). The molecule has 86 valence electrons. The molecule has 0 saturated heterocycles. The molecule has 0 aromatic carbocycles. The predicted molar refractivity (Wildman–Crippen MR) is 60.8 cm³/mol. The minimum Gasteiger partial charge on any atom is -0.478 e. The van der Waals surface area contributed by atoms with Gasteiger partial charge in [-0.25, -0.2) is 9.59 Å². The predicted octanol–water partition coefficient (Wildman–Crippen LogP) is 1.83. The lowest BCUT2D eigenvalue weighted by molar-refractivity contribution is -0.134. The lowest BCUT2D eigenvalue weighted by Crippen LogP contribution is -2.12. The fourth-order valence-electron chi connectivity index (χ4n) is 1.02. The molecule has 0 fully saturated rings. The molecule has 5 nitrogen and oxygen atoms in total. The first-order valence-corrected chi connectivity index (χ1v) is 5.29. The van der Waals surface area contributed by atoms with Gasteiger partial charge in [-0.1, -0.05) is 0 Å². The highest BCUT2D eigenvalue weighted by molar-refractivity contribution is 7.14. The van der Waals surface area contributed by atoms with Crippen molar-refractivity contribution in [3.8, 4) is 0 Å². The smallest absolute Gasteiger partial charge is 0.352 e. The van der Waals surface area contributed by atoms with Crippen molar-refractivity contribution in [1.29, 1.82) is 0 Å². The van der Waals surface area contributed by atoms with E-state index in [1.807, 2.05) is 19.2 Å². The Morgan fingerprint density at radius 2 is 2.00 bits per heavy atom. The molecule has 0 atom stereocenters. The maximum Gasteiger partial charge on any atom is 0.352 e. The van der Waals surface area contributed by atoms with Crippen LogP contribution in [0, 0.1) is 13.8 Å². The summed E-state index contributed by atoms with van der Waals surface area (Å²) in [6.07, 6.45) is 0.636. The van der Waals surface area contributed by atoms with Gasteiger partial charge in [-0.15, -0.1) is 11.3 Å². The molecule has 6 heteroatoms. The summed E-state index contributed by atoms with van der Waals surface area (Å²) in [5.41, 5.74) is 1.60. The van der Waals surface area contributed by atoms with Gasteiger partial charge in [0.15, 0.2) is 0 Å². The first kappa shape index (κ1) is 12.3. The number of hydrogen-bond acceptors (Lipinski definition) is 4. The molecule has 0 amide bonds. The molecule has 1 heterocycles. The molecule has 1 aromatic rings. The van der Waals surface area contributed by atoms with Gasteiger partial charge < -0.3 is 15.5 Å². The van der Waals surface area contributed by atoms with Crippen LogP contribution in [0.5, 0.6) is 0 Å². The number of aliphatic carboxylic acids is 2. The third kappa shape index (κ3) is 2.83. The van der Waals surface area contributed by atoms with Crippen molar-refractivity contribution in [2.45, 2.75) is 13.8 Å². The Bertz CT molecular complexity index is 461. The second-order valence-electron chi connectivity index (χ2n) is 3.20. The van der Waals surface area contributed by atoms with Crippen LogP contribution >= 0.6 is 11.3 Å². The number of aryl methyl sites for hydroxylation is 1. The highest BCUT2D eigenvalue weighted by atomic mass is 32.1. The number of carboxylic acids is 2. The van der Waals surface area contributed by atoms with Gasteiger partial charge in [-0.2, -0.15) is 0 Å². The van der Waals surface area contributed by atoms with Crippen molar-refractivity contribution in [2.24, 2.45) is 0 Å². The van der Waals surface area contributed by atoms with Gasteiger partial charge in [0.05, 0.1) is 11.1 Å². The van der Waals surface area contributed by atoms with E-state index >= 15 is 0 Å². The summed E-state index contributed by atoms with van der Waals surface area (Å²) in [7, 11) is 0. The molecule has 0 radical (unpaired) electrons. The average molecular weight is 241 g/mol. The SMILES string of the molecule is Cc1csc(NC(=CC(=O)O)C(=O)O)c1C. The van der Waals surface area contributed by atoms with E-state index in [4.69, 9.17) is 10.2 Å². The normalized spacial score (nSPS) is 11.2. The lowest BCUT2D eigenvalue weighted by atomic mass is 10.2. The van der Waals surface area contributed by atoms with Gasteiger partial charge in [0.1, 0.15) is 5.70 Å². The molecule has 0 aliphatic rings. The van der Waals surface area contributed by atoms with Crippen molar-refractivity contribution < 1.29 is 19.8 Å². The number of anilines is 1. The topological polar surface area (TPSA) is 86.6 Å². The third-order valence-electron chi connectivity index (χ3n) is 2.03. The molecule has 0 unspecified atom stereocenters. The Labute approximate surface area is 96.0 Å². The Morgan fingerprint density at radius 1 is 1.38 bits per heavy atom. The first-order valence-electron chi connectivity index (χ1n) is 4.41. The van der Waals surface area contributed by atoms with Gasteiger partial charge >= 0.3 is 11.9 Å². The Morgan fingerprint density at radius 3 is 2.38 bits per heavy atom. The fourth-order valence-corrected chi connectivity index (χ4v) is 2.00. The van der Waals surface area contributed by atoms with Crippen LogP contribution in [0.25, 0.3) is 0 Å². The quantitative estimate of drug-likeness (QED) is 0.700. The van der Waals surface area contributed by atoms with Gasteiger partial charge in [0, 0.05) is 0 Å². The summed E-state index contributed by atoms with van der Waals surface area (Å²) in [6.45, 7) is 3.74. The van der Waals surface area contributed by atoms with Crippen molar-refractivity contribution in [3.63, 3.8) is 0 Å². The molecular weight excluding hydrogens is 230 g/mol. The number of carbonyl (C=O) groups is 2. The number of hydrogen-bond donors (Lipinski definition) is 3. The zero-order valence-corrected chi connectivity index (χ0v) is 9.59. The van der Waals surface area contributed by atoms with Crippen LogP contribution in [-0.2, 0) is 9.59 Å². The molecular formula is C10H11NO4S. The minimum absolute atomic E-state index is 0.350. The summed E-state index contributed by atoms with van der Waals surface area (Å²) >= 11 is 1.34. The van der Waals surface area contributed by atoms with Crippen LogP contribution in [0.1, 0.15) is 11.1 Å². The number of rotatable bonds is 4. The van der Waals surface area contributed by atoms with Crippen molar-refractivity contribution >= 4 is 28.3 Å². The number of thiophene rings is 1. The first-order chi connectivity index (χ1) is 7.41. The maximum atomic E-state index is 10.8. The van der Waals surface area contributed by atoms with Crippen LogP contribution in [0.3, 0.4) is 0 Å². The van der Waals surface area contributed by atoms with Crippen LogP contribution in [0.15, 0.2) is 17.2 Å². The monoisotopic (exact) mass is 241 g/mol. The van der Waals surface area contributed by atoms with E-state index in [-0.39, 0.29) is 5.70 Å². The fraction of sp³-hybridized carbons (Fsp3) is 0.200. The van der Waals surface area contributed by atoms with Crippen LogP contribution < -0.4 is 5.32 Å². The molecule has 3 N–H and O–H groups in total. The summed E-state index contributed by atoms with van der Waals surface area (Å²) in [4.78, 5) is 21.2. The van der Waals surface area contributed by atoms with Gasteiger partial charge in [0.2, 0.25) is 0 Å². The lowest BCUT2D eigenvalue weighted by Gasteiger charge is -2.05. The molecule has 1 aromatic heterocycles. The molecule has 0 aliphatic carbocycles. The van der Waals surface area contributed by atoms with Gasteiger partial charge in [-0.3, -0.25) is 0 Å². The van der Waals surface area contributed by atoms with Crippen LogP contribution in [0.4, 0.5) is 5.00 Å². The van der Waals surface area contributed by atoms with E-state index in [2.05, 4.69) is 5.32 Å². The Balaban J connectivity index is 2.97. The average Bonchev–Trinajstić information content (AvgIpc) is 2.47. The van der Waals surface area contributed by atoms with E-state index in [0.29, 0.717) is 11.1 Å². The molecule has 16 heavy (non-hydrogen) atoms. The van der Waals surface area contributed by atoms with Crippen molar-refractivity contribution in [1.82, 2.24) is 0 Å². The number of carboxylic acid groups (broad SMARTS) is 2. The molecule has 0 spiro atoms. The highest BCUT2D eigenvalue weighted by Crippen LogP contribution is 2.27. The molecule has 0 saturated carbocycles. The van der Waals surface area contributed by atoms with Gasteiger partial charge in [0.25, 0.3) is 0 Å². The van der Waals surface area contributed by atoms with Crippen molar-refractivity contribution in [2.75, 3.05) is 5.32 Å². The molecule has 0 aliphatic heterocycles. The summed E-state index contributed by atoms with van der Waals surface area (Å²) in [5, 5.41) is 22.4. The van der Waals surface area contributed by atoms with E-state index < -0.39 is 11.9 Å².